The van der Waals surface area contributed by atoms with E-state index in [4.69, 9.17) is 9.84 Å². The second-order valence-corrected chi connectivity index (χ2v) is 6.04. The zero-order valence-electron chi connectivity index (χ0n) is 11.6. The van der Waals surface area contributed by atoms with E-state index in [1.54, 1.807) is 0 Å². The number of hydrogen-bond donors (Lipinski definition) is 2. The third kappa shape index (κ3) is 2.77. The average Bonchev–Trinajstić information content (AvgIpc) is 3.02. The summed E-state index contributed by atoms with van der Waals surface area (Å²) in [5, 5.41) is 12.7. The molecule has 0 spiro atoms. The van der Waals surface area contributed by atoms with Crippen molar-refractivity contribution in [1.82, 2.24) is 5.32 Å². The molecule has 3 rings (SSSR count). The van der Waals surface area contributed by atoms with Gasteiger partial charge in [0.1, 0.15) is 5.75 Å². The van der Waals surface area contributed by atoms with Crippen LogP contribution in [-0.2, 0) is 6.42 Å². The number of aliphatic hydroxyl groups excluding tert-OH is 1. The van der Waals surface area contributed by atoms with Crippen LogP contribution >= 0.6 is 0 Å². The van der Waals surface area contributed by atoms with E-state index in [0.717, 1.165) is 31.7 Å². The van der Waals surface area contributed by atoms with Crippen molar-refractivity contribution in [3.05, 3.63) is 29.3 Å². The van der Waals surface area contributed by atoms with E-state index in [0.29, 0.717) is 18.1 Å². The number of ether oxygens (including phenoxy) is 1. The third-order valence-electron chi connectivity index (χ3n) is 4.60. The number of hydrogen-bond acceptors (Lipinski definition) is 3. The minimum Gasteiger partial charge on any atom is -0.493 e. The lowest BCUT2D eigenvalue weighted by Crippen LogP contribution is -2.27. The Hall–Kier alpha value is -1.06. The molecule has 104 valence electrons. The zero-order valence-corrected chi connectivity index (χ0v) is 11.6. The molecule has 1 fully saturated rings. The molecule has 3 heteroatoms. The summed E-state index contributed by atoms with van der Waals surface area (Å²) in [5.74, 6) is 1.05. The molecular weight excluding hydrogens is 238 g/mol. The van der Waals surface area contributed by atoms with Crippen LogP contribution in [0.2, 0.25) is 0 Å². The Morgan fingerprint density at radius 3 is 3.00 bits per heavy atom. The molecule has 1 aromatic rings. The predicted octanol–water partition coefficient (Wildman–Crippen LogP) is 2.43. The van der Waals surface area contributed by atoms with E-state index >= 15 is 0 Å². The Balaban J connectivity index is 1.59. The van der Waals surface area contributed by atoms with Gasteiger partial charge in [-0.25, -0.2) is 0 Å². The lowest BCUT2D eigenvalue weighted by Gasteiger charge is -2.20. The van der Waals surface area contributed by atoms with E-state index < -0.39 is 0 Å². The van der Waals surface area contributed by atoms with Gasteiger partial charge < -0.3 is 15.2 Å². The van der Waals surface area contributed by atoms with E-state index in [-0.39, 0.29) is 0 Å². The molecule has 1 aromatic carbocycles. The number of aliphatic hydroxyl groups is 1. The van der Waals surface area contributed by atoms with Gasteiger partial charge in [-0.2, -0.15) is 0 Å². The van der Waals surface area contributed by atoms with Gasteiger partial charge in [-0.05, 0) is 48.8 Å². The largest absolute Gasteiger partial charge is 0.493 e. The van der Waals surface area contributed by atoms with Gasteiger partial charge in [0.15, 0.2) is 0 Å². The van der Waals surface area contributed by atoms with Gasteiger partial charge in [0.25, 0.3) is 0 Å². The first-order valence-electron chi connectivity index (χ1n) is 7.32. The van der Waals surface area contributed by atoms with E-state index in [1.165, 1.54) is 24.0 Å². The predicted molar refractivity (Wildman–Crippen MR) is 75.4 cm³/mol. The fourth-order valence-corrected chi connectivity index (χ4v) is 2.89. The Labute approximate surface area is 115 Å². The van der Waals surface area contributed by atoms with Crippen LogP contribution in [0.15, 0.2) is 18.2 Å². The normalized spacial score (nSPS) is 20.7. The monoisotopic (exact) mass is 261 g/mol. The summed E-state index contributed by atoms with van der Waals surface area (Å²) in [4.78, 5) is 0. The molecule has 1 heterocycles. The highest BCUT2D eigenvalue weighted by Gasteiger charge is 2.41. The summed E-state index contributed by atoms with van der Waals surface area (Å²) in [5.41, 5.74) is 3.05. The van der Waals surface area contributed by atoms with Crippen molar-refractivity contribution < 1.29 is 9.84 Å². The summed E-state index contributed by atoms with van der Waals surface area (Å²) >= 11 is 0. The third-order valence-corrected chi connectivity index (χ3v) is 4.60. The molecule has 0 radical (unpaired) electrons. The molecule has 19 heavy (non-hydrogen) atoms. The van der Waals surface area contributed by atoms with Crippen LogP contribution < -0.4 is 10.1 Å². The molecule has 1 saturated carbocycles. The first kappa shape index (κ1) is 12.9. The SMILES string of the molecule is CC(NCC1(CCO)CC1)c1ccc2c(c1)CCO2. The van der Waals surface area contributed by atoms with Crippen molar-refractivity contribution in [3.63, 3.8) is 0 Å². The summed E-state index contributed by atoms with van der Waals surface area (Å²) in [6, 6.07) is 6.89. The Morgan fingerprint density at radius 1 is 1.42 bits per heavy atom. The van der Waals surface area contributed by atoms with Crippen LogP contribution in [0.5, 0.6) is 5.75 Å². The van der Waals surface area contributed by atoms with Gasteiger partial charge in [-0.15, -0.1) is 0 Å². The van der Waals surface area contributed by atoms with Crippen molar-refractivity contribution in [1.29, 1.82) is 0 Å². The molecule has 2 N–H and O–H groups in total. The summed E-state index contributed by atoms with van der Waals surface area (Å²) in [7, 11) is 0. The number of fused-ring (bicyclic) bond motifs is 1. The average molecular weight is 261 g/mol. The zero-order chi connectivity index (χ0) is 13.3. The van der Waals surface area contributed by atoms with E-state index in [9.17, 15) is 0 Å². The second-order valence-electron chi connectivity index (χ2n) is 6.04. The van der Waals surface area contributed by atoms with Crippen LogP contribution in [0.25, 0.3) is 0 Å². The minimum absolute atomic E-state index is 0.312. The molecular formula is C16H23NO2. The molecule has 0 amide bonds. The van der Waals surface area contributed by atoms with Crippen LogP contribution in [0, 0.1) is 5.41 Å². The van der Waals surface area contributed by atoms with Gasteiger partial charge in [0, 0.05) is 25.6 Å². The Morgan fingerprint density at radius 2 is 2.26 bits per heavy atom. The lowest BCUT2D eigenvalue weighted by atomic mass is 10.0. The van der Waals surface area contributed by atoms with E-state index in [2.05, 4.69) is 30.4 Å². The maximum atomic E-state index is 9.09. The molecule has 0 bridgehead atoms. The maximum absolute atomic E-state index is 9.09. The van der Waals surface area contributed by atoms with Gasteiger partial charge in [-0.3, -0.25) is 0 Å². The van der Waals surface area contributed by atoms with Crippen molar-refractivity contribution in [3.8, 4) is 5.75 Å². The van der Waals surface area contributed by atoms with Crippen LogP contribution in [0.3, 0.4) is 0 Å². The van der Waals surface area contributed by atoms with E-state index in [1.807, 2.05) is 0 Å². The first-order valence-corrected chi connectivity index (χ1v) is 7.32. The fraction of sp³-hybridized carbons (Fsp3) is 0.625. The number of rotatable bonds is 6. The van der Waals surface area contributed by atoms with Crippen LogP contribution in [0.4, 0.5) is 0 Å². The summed E-state index contributed by atoms with van der Waals surface area (Å²) in [6.07, 6.45) is 4.48. The molecule has 1 atom stereocenters. The molecule has 3 nitrogen and oxygen atoms in total. The lowest BCUT2D eigenvalue weighted by molar-refractivity contribution is 0.243. The highest BCUT2D eigenvalue weighted by molar-refractivity contribution is 5.40. The first-order chi connectivity index (χ1) is 9.22. The highest BCUT2D eigenvalue weighted by atomic mass is 16.5. The molecule has 0 saturated heterocycles. The number of nitrogens with one attached hydrogen (secondary N) is 1. The summed E-state index contributed by atoms with van der Waals surface area (Å²) in [6.45, 7) is 4.36. The highest BCUT2D eigenvalue weighted by Crippen LogP contribution is 2.48. The second kappa shape index (κ2) is 5.14. The quantitative estimate of drug-likeness (QED) is 0.826. The minimum atomic E-state index is 0.312. The van der Waals surface area contributed by atoms with Gasteiger partial charge in [-0.1, -0.05) is 12.1 Å². The molecule has 2 aliphatic rings. The van der Waals surface area contributed by atoms with Crippen molar-refractivity contribution in [2.75, 3.05) is 19.8 Å². The van der Waals surface area contributed by atoms with Gasteiger partial charge >= 0.3 is 0 Å². The van der Waals surface area contributed by atoms with Crippen LogP contribution in [0.1, 0.15) is 43.4 Å². The summed E-state index contributed by atoms with van der Waals surface area (Å²) < 4.78 is 5.54. The molecule has 1 aliphatic carbocycles. The fourth-order valence-electron chi connectivity index (χ4n) is 2.89. The van der Waals surface area contributed by atoms with Crippen molar-refractivity contribution >= 4 is 0 Å². The van der Waals surface area contributed by atoms with Gasteiger partial charge in [0.05, 0.1) is 6.61 Å². The molecule has 1 aliphatic heterocycles. The van der Waals surface area contributed by atoms with Crippen molar-refractivity contribution in [2.45, 2.75) is 38.6 Å². The smallest absolute Gasteiger partial charge is 0.122 e. The topological polar surface area (TPSA) is 41.5 Å². The molecule has 0 aromatic heterocycles. The molecule has 1 unspecified atom stereocenters. The van der Waals surface area contributed by atoms with Gasteiger partial charge in [0.2, 0.25) is 0 Å². The maximum Gasteiger partial charge on any atom is 0.122 e. The number of benzene rings is 1. The Bertz CT molecular complexity index is 454. The Kier molecular flexibility index (Phi) is 3.50. The van der Waals surface area contributed by atoms with Crippen LogP contribution in [-0.4, -0.2) is 24.9 Å². The standard InChI is InChI=1S/C16H23NO2/c1-12(17-11-16(5-6-16)7-8-18)13-2-3-15-14(10-13)4-9-19-15/h2-3,10,12,17-18H,4-9,11H2,1H3. The van der Waals surface area contributed by atoms with Crippen molar-refractivity contribution in [2.24, 2.45) is 5.41 Å².